The van der Waals surface area contributed by atoms with Gasteiger partial charge in [-0.15, -0.1) is 0 Å². The van der Waals surface area contributed by atoms with E-state index in [4.69, 9.17) is 0 Å². The van der Waals surface area contributed by atoms with Crippen molar-refractivity contribution in [3.05, 3.63) is 68.4 Å². The molecule has 0 heterocycles. The second-order valence-corrected chi connectivity index (χ2v) is 4.74. The van der Waals surface area contributed by atoms with E-state index >= 15 is 0 Å². The predicted molar refractivity (Wildman–Crippen MR) is 75.1 cm³/mol. The molecular weight excluding hydrogens is 331 g/mol. The van der Waals surface area contributed by atoms with Crippen molar-refractivity contribution in [3.8, 4) is 0 Å². The molecule has 2 rings (SSSR count). The fourth-order valence-electron chi connectivity index (χ4n) is 1.56. The van der Waals surface area contributed by atoms with Gasteiger partial charge in [-0.2, -0.15) is 0 Å². The van der Waals surface area contributed by atoms with Crippen LogP contribution < -0.4 is 5.32 Å². The van der Waals surface area contributed by atoms with Crippen LogP contribution in [0.15, 0.2) is 46.9 Å². The van der Waals surface area contributed by atoms with Crippen molar-refractivity contribution in [2.24, 2.45) is 0 Å². The lowest BCUT2D eigenvalue weighted by Gasteiger charge is -2.05. The van der Waals surface area contributed by atoms with Crippen molar-refractivity contribution in [2.45, 2.75) is 0 Å². The molecule has 0 saturated carbocycles. The van der Waals surface area contributed by atoms with E-state index in [-0.39, 0.29) is 21.4 Å². The minimum atomic E-state index is -0.594. The van der Waals surface area contributed by atoms with Crippen LogP contribution in [-0.2, 0) is 0 Å². The highest BCUT2D eigenvalue weighted by Crippen LogP contribution is 2.26. The van der Waals surface area contributed by atoms with E-state index in [1.54, 1.807) is 0 Å². The molecule has 1 amide bonds. The number of carbonyl (C=O) groups excluding carboxylic acids is 1. The number of benzene rings is 2. The number of hydrogen-bond acceptors (Lipinski definition) is 3. The molecule has 0 aliphatic carbocycles. The third-order valence-electron chi connectivity index (χ3n) is 2.49. The van der Waals surface area contributed by atoms with Crippen molar-refractivity contribution >= 4 is 33.2 Å². The first-order valence-corrected chi connectivity index (χ1v) is 6.27. The Morgan fingerprint density at radius 1 is 1.25 bits per heavy atom. The number of amides is 1. The van der Waals surface area contributed by atoms with Gasteiger partial charge in [0, 0.05) is 17.3 Å². The SMILES string of the molecule is O=C(Nc1cccc(F)c1)c1ccc(Br)c([N+](=O)[O-])c1. The number of nitro groups is 1. The van der Waals surface area contributed by atoms with Crippen molar-refractivity contribution < 1.29 is 14.1 Å². The van der Waals surface area contributed by atoms with Gasteiger partial charge < -0.3 is 5.32 Å². The molecule has 5 nitrogen and oxygen atoms in total. The highest BCUT2D eigenvalue weighted by atomic mass is 79.9. The molecule has 1 N–H and O–H groups in total. The Kier molecular flexibility index (Phi) is 4.09. The summed E-state index contributed by atoms with van der Waals surface area (Å²) in [5.74, 6) is -1.03. The van der Waals surface area contributed by atoms with Crippen molar-refractivity contribution in [2.75, 3.05) is 5.32 Å². The number of nitrogens with one attached hydrogen (secondary N) is 1. The molecule has 2 aromatic carbocycles. The Bertz CT molecular complexity index is 691. The average molecular weight is 339 g/mol. The van der Waals surface area contributed by atoms with E-state index in [0.29, 0.717) is 0 Å². The molecule has 0 fully saturated rings. The Morgan fingerprint density at radius 3 is 2.65 bits per heavy atom. The lowest BCUT2D eigenvalue weighted by molar-refractivity contribution is -0.385. The van der Waals surface area contributed by atoms with Gasteiger partial charge in [0.1, 0.15) is 5.82 Å². The number of anilines is 1. The summed E-state index contributed by atoms with van der Waals surface area (Å²) in [5, 5.41) is 13.3. The highest BCUT2D eigenvalue weighted by Gasteiger charge is 2.16. The minimum Gasteiger partial charge on any atom is -0.322 e. The van der Waals surface area contributed by atoms with E-state index in [9.17, 15) is 19.3 Å². The zero-order valence-corrected chi connectivity index (χ0v) is 11.6. The molecular formula is C13H8BrFN2O3. The lowest BCUT2D eigenvalue weighted by atomic mass is 10.2. The molecule has 0 aliphatic rings. The van der Waals surface area contributed by atoms with E-state index in [2.05, 4.69) is 21.2 Å². The van der Waals surface area contributed by atoms with Gasteiger partial charge >= 0.3 is 0 Å². The Balaban J connectivity index is 2.26. The summed E-state index contributed by atoms with van der Waals surface area (Å²) in [5.41, 5.74) is 0.182. The van der Waals surface area contributed by atoms with Crippen LogP contribution in [0.5, 0.6) is 0 Å². The number of nitrogens with zero attached hydrogens (tertiary/aromatic N) is 1. The third kappa shape index (κ3) is 3.18. The van der Waals surface area contributed by atoms with E-state index in [1.807, 2.05) is 0 Å². The molecule has 0 bridgehead atoms. The molecule has 0 aromatic heterocycles. The van der Waals surface area contributed by atoms with Crippen LogP contribution in [-0.4, -0.2) is 10.8 Å². The van der Waals surface area contributed by atoms with Gasteiger partial charge in [0.15, 0.2) is 0 Å². The first-order valence-electron chi connectivity index (χ1n) is 5.48. The molecule has 7 heteroatoms. The van der Waals surface area contributed by atoms with Gasteiger partial charge in [-0.05, 0) is 46.3 Å². The number of halogens is 2. The van der Waals surface area contributed by atoms with Crippen molar-refractivity contribution in [3.63, 3.8) is 0 Å². The summed E-state index contributed by atoms with van der Waals surface area (Å²) in [6.45, 7) is 0. The van der Waals surface area contributed by atoms with Crippen LogP contribution in [0.1, 0.15) is 10.4 Å². The predicted octanol–water partition coefficient (Wildman–Crippen LogP) is 3.75. The van der Waals surface area contributed by atoms with Crippen LogP contribution in [0, 0.1) is 15.9 Å². The quantitative estimate of drug-likeness (QED) is 0.684. The topological polar surface area (TPSA) is 72.2 Å². The van der Waals surface area contributed by atoms with Crippen molar-refractivity contribution in [1.29, 1.82) is 0 Å². The Hall–Kier alpha value is -2.28. The first kappa shape index (κ1) is 14.1. The summed E-state index contributed by atoms with van der Waals surface area (Å²) in [4.78, 5) is 22.1. The standard InChI is InChI=1S/C13H8BrFN2O3/c14-11-5-4-8(6-12(11)17(19)20)13(18)16-10-3-1-2-9(15)7-10/h1-7H,(H,16,18). The molecule has 20 heavy (non-hydrogen) atoms. The second-order valence-electron chi connectivity index (χ2n) is 3.89. The molecule has 0 saturated heterocycles. The summed E-state index contributed by atoms with van der Waals surface area (Å²) in [6, 6.07) is 9.39. The van der Waals surface area contributed by atoms with E-state index in [1.165, 1.54) is 30.3 Å². The van der Waals surface area contributed by atoms with Gasteiger partial charge in [0.25, 0.3) is 11.6 Å². The van der Waals surface area contributed by atoms with Crippen molar-refractivity contribution in [1.82, 2.24) is 0 Å². The fourth-order valence-corrected chi connectivity index (χ4v) is 1.95. The number of rotatable bonds is 3. The smallest absolute Gasteiger partial charge is 0.284 e. The summed E-state index contributed by atoms with van der Waals surface area (Å²) < 4.78 is 13.3. The molecule has 0 unspecified atom stereocenters. The normalized spacial score (nSPS) is 10.1. The lowest BCUT2D eigenvalue weighted by Crippen LogP contribution is -2.12. The third-order valence-corrected chi connectivity index (χ3v) is 3.16. The largest absolute Gasteiger partial charge is 0.322 e. The van der Waals surface area contributed by atoms with Gasteiger partial charge in [-0.3, -0.25) is 14.9 Å². The zero-order chi connectivity index (χ0) is 14.7. The molecule has 0 spiro atoms. The summed E-state index contributed by atoms with van der Waals surface area (Å²) >= 11 is 3.03. The molecule has 0 atom stereocenters. The van der Waals surface area contributed by atoms with Crippen LogP contribution in [0.25, 0.3) is 0 Å². The maximum atomic E-state index is 13.0. The zero-order valence-electron chi connectivity index (χ0n) is 9.97. The molecule has 102 valence electrons. The van der Waals surface area contributed by atoms with E-state index < -0.39 is 16.6 Å². The summed E-state index contributed by atoms with van der Waals surface area (Å²) in [7, 11) is 0. The van der Waals surface area contributed by atoms with Crippen LogP contribution >= 0.6 is 15.9 Å². The molecule has 2 aromatic rings. The number of carbonyl (C=O) groups is 1. The minimum absolute atomic E-state index is 0.115. The molecule has 0 radical (unpaired) electrons. The first-order chi connectivity index (χ1) is 9.47. The van der Waals surface area contributed by atoms with Gasteiger partial charge in [0.2, 0.25) is 0 Å². The van der Waals surface area contributed by atoms with Crippen LogP contribution in [0.3, 0.4) is 0 Å². The number of hydrogen-bond donors (Lipinski definition) is 1. The highest BCUT2D eigenvalue weighted by molar-refractivity contribution is 9.10. The Labute approximate surface area is 121 Å². The summed E-state index contributed by atoms with van der Waals surface area (Å²) in [6.07, 6.45) is 0. The number of nitro benzene ring substituents is 1. The van der Waals surface area contributed by atoms with Gasteiger partial charge in [-0.25, -0.2) is 4.39 Å². The Morgan fingerprint density at radius 2 is 2.00 bits per heavy atom. The van der Waals surface area contributed by atoms with Gasteiger partial charge in [0.05, 0.1) is 9.40 Å². The maximum Gasteiger partial charge on any atom is 0.284 e. The monoisotopic (exact) mass is 338 g/mol. The maximum absolute atomic E-state index is 13.0. The fraction of sp³-hybridized carbons (Fsp3) is 0. The average Bonchev–Trinajstić information content (AvgIpc) is 2.38. The second kappa shape index (κ2) is 5.79. The molecule has 0 aliphatic heterocycles. The van der Waals surface area contributed by atoms with Crippen LogP contribution in [0.4, 0.5) is 15.8 Å². The van der Waals surface area contributed by atoms with E-state index in [0.717, 1.165) is 12.1 Å². The van der Waals surface area contributed by atoms with Crippen LogP contribution in [0.2, 0.25) is 0 Å². The van der Waals surface area contributed by atoms with Gasteiger partial charge in [-0.1, -0.05) is 6.07 Å².